The lowest BCUT2D eigenvalue weighted by Gasteiger charge is -2.11. The van der Waals surface area contributed by atoms with Gasteiger partial charge in [0.2, 0.25) is 0 Å². The molecule has 0 fully saturated rings. The monoisotopic (exact) mass is 459 g/mol. The number of hydrogen-bond donors (Lipinski definition) is 2. The van der Waals surface area contributed by atoms with E-state index >= 15 is 0 Å². The average molecular weight is 459 g/mol. The van der Waals surface area contributed by atoms with Crippen molar-refractivity contribution in [1.29, 1.82) is 0 Å². The Morgan fingerprint density at radius 3 is 2.46 bits per heavy atom. The highest BCUT2D eigenvalue weighted by Gasteiger charge is 2.27. The molecule has 0 saturated carbocycles. The van der Waals surface area contributed by atoms with E-state index in [1.807, 2.05) is 24.3 Å². The molecule has 138 valence electrons. The molecule has 0 aliphatic carbocycles. The van der Waals surface area contributed by atoms with Crippen LogP contribution in [-0.4, -0.2) is 31.9 Å². The van der Waals surface area contributed by atoms with Gasteiger partial charge >= 0.3 is 6.18 Å². The number of anilines is 1. The molecule has 0 bridgehead atoms. The second-order valence-electron chi connectivity index (χ2n) is 5.34. The molecule has 0 saturated heterocycles. The first kappa shape index (κ1) is 23.0. The summed E-state index contributed by atoms with van der Waals surface area (Å²) in [6.45, 7) is 3.38. The van der Waals surface area contributed by atoms with Crippen LogP contribution in [0.4, 0.5) is 18.9 Å². The zero-order valence-electron chi connectivity index (χ0n) is 13.9. The van der Waals surface area contributed by atoms with Crippen molar-refractivity contribution in [3.8, 4) is 0 Å². The maximum absolute atomic E-state index is 11.9. The van der Waals surface area contributed by atoms with Gasteiger partial charge in [-0.25, -0.2) is 0 Å². The van der Waals surface area contributed by atoms with Crippen LogP contribution in [0.3, 0.4) is 0 Å². The first-order valence-corrected chi connectivity index (χ1v) is 7.63. The fourth-order valence-corrected chi connectivity index (χ4v) is 1.87. The van der Waals surface area contributed by atoms with Gasteiger partial charge in [0, 0.05) is 18.8 Å². The van der Waals surface area contributed by atoms with E-state index in [0.29, 0.717) is 18.9 Å². The molecular weight excluding hydrogens is 434 g/mol. The number of guanidine groups is 1. The standard InChI is InChI=1S/C16H24F3N3O.HI/c1-3-12(2)13-5-7-14(8-6-13)22-15(20)21-9-4-10-23-11-16(17,18)19;/h5-8,12H,3-4,9-11H2,1-2H3,(H3,20,21,22);1H. The molecule has 8 heteroatoms. The topological polar surface area (TPSA) is 59.6 Å². The quantitative estimate of drug-likeness (QED) is 0.260. The zero-order valence-corrected chi connectivity index (χ0v) is 16.2. The Bertz CT molecular complexity index is 492. The van der Waals surface area contributed by atoms with Crippen molar-refractivity contribution in [2.75, 3.05) is 25.1 Å². The zero-order chi connectivity index (χ0) is 17.3. The maximum atomic E-state index is 11.9. The summed E-state index contributed by atoms with van der Waals surface area (Å²) < 4.78 is 40.0. The molecule has 1 rings (SSSR count). The van der Waals surface area contributed by atoms with Crippen molar-refractivity contribution < 1.29 is 17.9 Å². The molecule has 0 amide bonds. The molecule has 1 aromatic rings. The number of nitrogens with one attached hydrogen (secondary N) is 1. The van der Waals surface area contributed by atoms with Gasteiger partial charge in [-0.1, -0.05) is 26.0 Å². The molecule has 1 aromatic carbocycles. The van der Waals surface area contributed by atoms with Crippen LogP contribution in [0.2, 0.25) is 0 Å². The number of rotatable bonds is 8. The van der Waals surface area contributed by atoms with E-state index < -0.39 is 12.8 Å². The van der Waals surface area contributed by atoms with E-state index in [0.717, 1.165) is 12.1 Å². The largest absolute Gasteiger partial charge is 0.411 e. The number of benzene rings is 1. The Kier molecular flexibility index (Phi) is 11.0. The van der Waals surface area contributed by atoms with Gasteiger partial charge in [0.05, 0.1) is 0 Å². The fraction of sp³-hybridized carbons (Fsp3) is 0.562. The molecule has 0 aliphatic rings. The van der Waals surface area contributed by atoms with Gasteiger partial charge < -0.3 is 15.8 Å². The molecule has 0 aliphatic heterocycles. The van der Waals surface area contributed by atoms with Crippen molar-refractivity contribution in [3.05, 3.63) is 29.8 Å². The summed E-state index contributed by atoms with van der Waals surface area (Å²) in [6.07, 6.45) is -2.83. The maximum Gasteiger partial charge on any atom is 0.411 e. The Labute approximate surface area is 158 Å². The minimum atomic E-state index is -4.29. The Balaban J connectivity index is 0.00000529. The van der Waals surface area contributed by atoms with Crippen LogP contribution >= 0.6 is 24.0 Å². The summed E-state index contributed by atoms with van der Waals surface area (Å²) in [6, 6.07) is 7.93. The Morgan fingerprint density at radius 1 is 1.29 bits per heavy atom. The first-order chi connectivity index (χ1) is 10.8. The molecule has 24 heavy (non-hydrogen) atoms. The van der Waals surface area contributed by atoms with Crippen molar-refractivity contribution >= 4 is 35.6 Å². The predicted molar refractivity (Wildman–Crippen MR) is 102 cm³/mol. The predicted octanol–water partition coefficient (Wildman–Crippen LogP) is 4.51. The minimum Gasteiger partial charge on any atom is -0.372 e. The van der Waals surface area contributed by atoms with E-state index in [2.05, 4.69) is 28.9 Å². The second-order valence-corrected chi connectivity index (χ2v) is 5.34. The van der Waals surface area contributed by atoms with Crippen LogP contribution in [0.5, 0.6) is 0 Å². The van der Waals surface area contributed by atoms with E-state index in [1.54, 1.807) is 0 Å². The van der Waals surface area contributed by atoms with Crippen LogP contribution < -0.4 is 11.1 Å². The van der Waals surface area contributed by atoms with Crippen LogP contribution in [0.1, 0.15) is 38.2 Å². The lowest BCUT2D eigenvalue weighted by atomic mass is 9.99. The van der Waals surface area contributed by atoms with Gasteiger partial charge in [-0.15, -0.1) is 24.0 Å². The number of aliphatic imine (C=N–C) groups is 1. The number of nitrogens with zero attached hydrogens (tertiary/aromatic N) is 1. The summed E-state index contributed by atoms with van der Waals surface area (Å²) in [4.78, 5) is 4.05. The summed E-state index contributed by atoms with van der Waals surface area (Å²) in [5.74, 6) is 0.740. The molecule has 0 spiro atoms. The van der Waals surface area contributed by atoms with Crippen LogP contribution in [0.25, 0.3) is 0 Å². The van der Waals surface area contributed by atoms with Crippen molar-refractivity contribution in [2.45, 2.75) is 38.8 Å². The number of nitrogens with two attached hydrogens (primary N) is 1. The third-order valence-corrected chi connectivity index (χ3v) is 3.36. The first-order valence-electron chi connectivity index (χ1n) is 7.63. The van der Waals surface area contributed by atoms with Crippen molar-refractivity contribution in [3.63, 3.8) is 0 Å². The number of ether oxygens (including phenoxy) is 1. The number of halogens is 4. The van der Waals surface area contributed by atoms with Gasteiger partial charge in [-0.2, -0.15) is 13.2 Å². The lowest BCUT2D eigenvalue weighted by Crippen LogP contribution is -2.23. The van der Waals surface area contributed by atoms with Crippen molar-refractivity contribution in [1.82, 2.24) is 0 Å². The SMILES string of the molecule is CCC(C)c1ccc(NC(N)=NCCCOCC(F)(F)F)cc1.I. The molecule has 0 radical (unpaired) electrons. The van der Waals surface area contributed by atoms with Gasteiger partial charge in [0.15, 0.2) is 5.96 Å². The highest BCUT2D eigenvalue weighted by Crippen LogP contribution is 2.20. The highest BCUT2D eigenvalue weighted by atomic mass is 127. The third-order valence-electron chi connectivity index (χ3n) is 3.36. The van der Waals surface area contributed by atoms with Crippen LogP contribution in [-0.2, 0) is 4.74 Å². The Hall–Kier alpha value is -1.03. The smallest absolute Gasteiger partial charge is 0.372 e. The van der Waals surface area contributed by atoms with Crippen LogP contribution in [0, 0.1) is 0 Å². The number of alkyl halides is 3. The summed E-state index contributed by atoms with van der Waals surface area (Å²) in [7, 11) is 0. The normalized spacial score (nSPS) is 13.3. The molecule has 0 aromatic heterocycles. The van der Waals surface area contributed by atoms with E-state index in [9.17, 15) is 13.2 Å². The molecule has 1 unspecified atom stereocenters. The van der Waals surface area contributed by atoms with Crippen molar-refractivity contribution in [2.24, 2.45) is 10.7 Å². The Morgan fingerprint density at radius 2 is 1.92 bits per heavy atom. The van der Waals surface area contributed by atoms with E-state index in [4.69, 9.17) is 5.73 Å². The van der Waals surface area contributed by atoms with Crippen LogP contribution in [0.15, 0.2) is 29.3 Å². The molecule has 4 nitrogen and oxygen atoms in total. The summed E-state index contributed by atoms with van der Waals surface area (Å²) in [5, 5.41) is 2.95. The summed E-state index contributed by atoms with van der Waals surface area (Å²) >= 11 is 0. The average Bonchev–Trinajstić information content (AvgIpc) is 2.49. The van der Waals surface area contributed by atoms with E-state index in [-0.39, 0.29) is 36.5 Å². The number of hydrogen-bond acceptors (Lipinski definition) is 2. The van der Waals surface area contributed by atoms with Gasteiger partial charge in [0.25, 0.3) is 0 Å². The molecule has 0 heterocycles. The second kappa shape index (κ2) is 11.5. The molecular formula is C16H25F3IN3O. The minimum absolute atomic E-state index is 0. The van der Waals surface area contributed by atoms with Gasteiger partial charge in [0.1, 0.15) is 6.61 Å². The molecule has 3 N–H and O–H groups in total. The molecule has 1 atom stereocenters. The highest BCUT2D eigenvalue weighted by molar-refractivity contribution is 14.0. The van der Waals surface area contributed by atoms with Gasteiger partial charge in [-0.3, -0.25) is 4.99 Å². The third kappa shape index (κ3) is 9.96. The van der Waals surface area contributed by atoms with Gasteiger partial charge in [-0.05, 0) is 36.5 Å². The fourth-order valence-electron chi connectivity index (χ4n) is 1.87. The lowest BCUT2D eigenvalue weighted by molar-refractivity contribution is -0.173. The summed E-state index contributed by atoms with van der Waals surface area (Å²) in [5.41, 5.74) is 7.82. The van der Waals surface area contributed by atoms with E-state index in [1.165, 1.54) is 5.56 Å².